The lowest BCUT2D eigenvalue weighted by Gasteiger charge is -2.26. The molecular formula is C13H22N4O. The standard InChI is InChI=1S/C13H22N4O/c1-8(2)11-7-12(17-16-11)13(18)15-10-5-3-9(14)4-6-10/h7-10H,3-6,14H2,1-2H3,(H,15,18)(H,16,17). The summed E-state index contributed by atoms with van der Waals surface area (Å²) < 4.78 is 0. The van der Waals surface area contributed by atoms with E-state index in [0.717, 1.165) is 31.4 Å². The van der Waals surface area contributed by atoms with Crippen molar-refractivity contribution in [2.45, 2.75) is 57.5 Å². The third-order valence-electron chi connectivity index (χ3n) is 3.56. The van der Waals surface area contributed by atoms with Crippen molar-refractivity contribution in [2.75, 3.05) is 0 Å². The van der Waals surface area contributed by atoms with Gasteiger partial charge in [0.05, 0.1) is 0 Å². The molecule has 5 heteroatoms. The molecule has 0 spiro atoms. The van der Waals surface area contributed by atoms with Gasteiger partial charge in [-0.15, -0.1) is 0 Å². The highest BCUT2D eigenvalue weighted by molar-refractivity contribution is 5.92. The van der Waals surface area contributed by atoms with Crippen molar-refractivity contribution in [2.24, 2.45) is 5.73 Å². The van der Waals surface area contributed by atoms with Crippen molar-refractivity contribution in [3.63, 3.8) is 0 Å². The predicted octanol–water partition coefficient (Wildman–Crippen LogP) is 1.53. The maximum Gasteiger partial charge on any atom is 0.271 e. The van der Waals surface area contributed by atoms with Crippen LogP contribution in [0.5, 0.6) is 0 Å². The van der Waals surface area contributed by atoms with Crippen LogP contribution < -0.4 is 11.1 Å². The van der Waals surface area contributed by atoms with Crippen LogP contribution in [0.4, 0.5) is 0 Å². The van der Waals surface area contributed by atoms with E-state index in [2.05, 4.69) is 29.4 Å². The SMILES string of the molecule is CC(C)c1cc(C(=O)NC2CCC(N)CC2)n[nH]1. The molecule has 1 amide bonds. The van der Waals surface area contributed by atoms with Gasteiger partial charge in [0, 0.05) is 17.8 Å². The second-order valence-corrected chi connectivity index (χ2v) is 5.45. The van der Waals surface area contributed by atoms with Gasteiger partial charge in [-0.3, -0.25) is 9.89 Å². The molecule has 1 aromatic rings. The molecule has 5 nitrogen and oxygen atoms in total. The van der Waals surface area contributed by atoms with E-state index in [-0.39, 0.29) is 11.9 Å². The molecule has 0 bridgehead atoms. The van der Waals surface area contributed by atoms with Crippen molar-refractivity contribution in [1.82, 2.24) is 15.5 Å². The van der Waals surface area contributed by atoms with Gasteiger partial charge in [-0.1, -0.05) is 13.8 Å². The topological polar surface area (TPSA) is 83.8 Å². The molecule has 0 aromatic carbocycles. The number of aromatic nitrogens is 2. The quantitative estimate of drug-likeness (QED) is 0.760. The summed E-state index contributed by atoms with van der Waals surface area (Å²) in [5.74, 6) is 0.269. The molecule has 2 rings (SSSR count). The largest absolute Gasteiger partial charge is 0.348 e. The molecule has 18 heavy (non-hydrogen) atoms. The number of nitrogens with two attached hydrogens (primary N) is 1. The van der Waals surface area contributed by atoms with Crippen LogP contribution in [0.3, 0.4) is 0 Å². The minimum Gasteiger partial charge on any atom is -0.348 e. The molecule has 0 saturated heterocycles. The zero-order valence-corrected chi connectivity index (χ0v) is 11.1. The number of hydrogen-bond acceptors (Lipinski definition) is 3. The van der Waals surface area contributed by atoms with Gasteiger partial charge in [0.2, 0.25) is 0 Å². The summed E-state index contributed by atoms with van der Waals surface area (Å²) in [6.07, 6.45) is 3.91. The molecule has 1 fully saturated rings. The Labute approximate surface area is 108 Å². The molecule has 1 aliphatic carbocycles. The van der Waals surface area contributed by atoms with E-state index < -0.39 is 0 Å². The Balaban J connectivity index is 1.91. The lowest BCUT2D eigenvalue weighted by molar-refractivity contribution is 0.0921. The first-order valence-corrected chi connectivity index (χ1v) is 6.68. The lowest BCUT2D eigenvalue weighted by Crippen LogP contribution is -2.40. The number of aromatic amines is 1. The smallest absolute Gasteiger partial charge is 0.271 e. The van der Waals surface area contributed by atoms with Gasteiger partial charge in [0.15, 0.2) is 0 Å². The summed E-state index contributed by atoms with van der Waals surface area (Å²) in [6.45, 7) is 4.13. The molecule has 0 unspecified atom stereocenters. The Bertz CT molecular complexity index is 405. The second-order valence-electron chi connectivity index (χ2n) is 5.45. The maximum absolute atomic E-state index is 12.0. The maximum atomic E-state index is 12.0. The van der Waals surface area contributed by atoms with E-state index in [4.69, 9.17) is 5.73 Å². The minimum absolute atomic E-state index is 0.0846. The Morgan fingerprint density at radius 1 is 1.44 bits per heavy atom. The van der Waals surface area contributed by atoms with Crippen molar-refractivity contribution >= 4 is 5.91 Å². The van der Waals surface area contributed by atoms with Gasteiger partial charge in [-0.25, -0.2) is 0 Å². The highest BCUT2D eigenvalue weighted by Gasteiger charge is 2.21. The van der Waals surface area contributed by atoms with Crippen LogP contribution in [-0.2, 0) is 0 Å². The number of hydrogen-bond donors (Lipinski definition) is 3. The van der Waals surface area contributed by atoms with Crippen molar-refractivity contribution in [3.05, 3.63) is 17.5 Å². The molecule has 0 radical (unpaired) electrons. The van der Waals surface area contributed by atoms with E-state index in [1.807, 2.05) is 6.07 Å². The van der Waals surface area contributed by atoms with Crippen LogP contribution in [-0.4, -0.2) is 28.2 Å². The first kappa shape index (κ1) is 13.1. The first-order chi connectivity index (χ1) is 8.56. The van der Waals surface area contributed by atoms with E-state index in [9.17, 15) is 4.79 Å². The fraction of sp³-hybridized carbons (Fsp3) is 0.692. The Kier molecular flexibility index (Phi) is 4.01. The number of nitrogens with zero attached hydrogens (tertiary/aromatic N) is 1. The zero-order valence-electron chi connectivity index (χ0n) is 11.1. The van der Waals surface area contributed by atoms with Gasteiger partial charge in [-0.05, 0) is 37.7 Å². The highest BCUT2D eigenvalue weighted by atomic mass is 16.2. The summed E-state index contributed by atoms with van der Waals surface area (Å²) in [4.78, 5) is 12.0. The number of nitrogens with one attached hydrogen (secondary N) is 2. The van der Waals surface area contributed by atoms with E-state index in [1.165, 1.54) is 0 Å². The van der Waals surface area contributed by atoms with Crippen LogP contribution in [0.2, 0.25) is 0 Å². The van der Waals surface area contributed by atoms with Crippen molar-refractivity contribution in [1.29, 1.82) is 0 Å². The van der Waals surface area contributed by atoms with E-state index in [0.29, 0.717) is 17.7 Å². The van der Waals surface area contributed by atoms with Crippen LogP contribution in [0.25, 0.3) is 0 Å². The van der Waals surface area contributed by atoms with Gasteiger partial charge in [-0.2, -0.15) is 5.10 Å². The molecule has 4 N–H and O–H groups in total. The molecule has 0 aliphatic heterocycles. The monoisotopic (exact) mass is 250 g/mol. The molecule has 1 saturated carbocycles. The average Bonchev–Trinajstić information content (AvgIpc) is 2.81. The minimum atomic E-state index is -0.0846. The Hall–Kier alpha value is -1.36. The molecular weight excluding hydrogens is 228 g/mol. The lowest BCUT2D eigenvalue weighted by atomic mass is 9.92. The summed E-state index contributed by atoms with van der Waals surface area (Å²) >= 11 is 0. The van der Waals surface area contributed by atoms with Gasteiger partial charge in [0.1, 0.15) is 5.69 Å². The van der Waals surface area contributed by atoms with E-state index in [1.54, 1.807) is 0 Å². The zero-order chi connectivity index (χ0) is 13.1. The molecule has 100 valence electrons. The Morgan fingerprint density at radius 2 is 2.11 bits per heavy atom. The fourth-order valence-corrected chi connectivity index (χ4v) is 2.27. The average molecular weight is 250 g/mol. The highest BCUT2D eigenvalue weighted by Crippen LogP contribution is 2.18. The third kappa shape index (κ3) is 3.10. The van der Waals surface area contributed by atoms with Crippen LogP contribution in [0.1, 0.15) is 61.6 Å². The van der Waals surface area contributed by atoms with Crippen LogP contribution in [0, 0.1) is 0 Å². The number of H-pyrrole nitrogens is 1. The normalized spacial score (nSPS) is 24.2. The fourth-order valence-electron chi connectivity index (χ4n) is 2.27. The molecule has 1 aliphatic rings. The molecule has 1 aromatic heterocycles. The number of amides is 1. The number of carbonyl (C=O) groups is 1. The second kappa shape index (κ2) is 5.52. The van der Waals surface area contributed by atoms with Crippen LogP contribution in [0.15, 0.2) is 6.07 Å². The summed E-state index contributed by atoms with van der Waals surface area (Å²) in [5, 5.41) is 9.99. The van der Waals surface area contributed by atoms with Crippen molar-refractivity contribution < 1.29 is 4.79 Å². The van der Waals surface area contributed by atoms with Crippen molar-refractivity contribution in [3.8, 4) is 0 Å². The summed E-state index contributed by atoms with van der Waals surface area (Å²) in [6, 6.07) is 2.38. The van der Waals surface area contributed by atoms with E-state index >= 15 is 0 Å². The molecule has 0 atom stereocenters. The first-order valence-electron chi connectivity index (χ1n) is 6.68. The number of carbonyl (C=O) groups excluding carboxylic acids is 1. The predicted molar refractivity (Wildman–Crippen MR) is 70.4 cm³/mol. The third-order valence-corrected chi connectivity index (χ3v) is 3.56. The summed E-state index contributed by atoms with van der Waals surface area (Å²) in [5.41, 5.74) is 7.32. The van der Waals surface area contributed by atoms with Gasteiger partial charge >= 0.3 is 0 Å². The van der Waals surface area contributed by atoms with Crippen LogP contribution >= 0.6 is 0 Å². The summed E-state index contributed by atoms with van der Waals surface area (Å²) in [7, 11) is 0. The van der Waals surface area contributed by atoms with Gasteiger partial charge < -0.3 is 11.1 Å². The Morgan fingerprint density at radius 3 is 2.67 bits per heavy atom. The molecule has 1 heterocycles. The number of rotatable bonds is 3. The van der Waals surface area contributed by atoms with Gasteiger partial charge in [0.25, 0.3) is 5.91 Å².